The summed E-state index contributed by atoms with van der Waals surface area (Å²) in [5.41, 5.74) is 0.285. The Hall–Kier alpha value is -1.52. The summed E-state index contributed by atoms with van der Waals surface area (Å²) in [6.45, 7) is 0.336. The van der Waals surface area contributed by atoms with E-state index in [1.807, 2.05) is 0 Å². The summed E-state index contributed by atoms with van der Waals surface area (Å²) >= 11 is 9.40. The lowest BCUT2D eigenvalue weighted by atomic mass is 10.1. The SMILES string of the molecule is O=[N+]([O-])c1ccccc1S(=O)(=O)N1CCO[C@H](c2cc(Cl)cc(Br)c2)C1. The van der Waals surface area contributed by atoms with Crippen LogP contribution in [0.2, 0.25) is 5.02 Å². The lowest BCUT2D eigenvalue weighted by Gasteiger charge is -2.32. The van der Waals surface area contributed by atoms with Crippen LogP contribution in [-0.2, 0) is 14.8 Å². The fourth-order valence-electron chi connectivity index (χ4n) is 2.77. The van der Waals surface area contributed by atoms with Gasteiger partial charge < -0.3 is 4.74 Å². The van der Waals surface area contributed by atoms with Crippen LogP contribution in [0.4, 0.5) is 5.69 Å². The lowest BCUT2D eigenvalue weighted by molar-refractivity contribution is -0.387. The first-order valence-electron chi connectivity index (χ1n) is 7.60. The number of halogens is 2. The number of nitro groups is 1. The Bertz CT molecular complexity index is 933. The van der Waals surface area contributed by atoms with E-state index in [-0.39, 0.29) is 24.6 Å². The number of hydrogen-bond acceptors (Lipinski definition) is 5. The summed E-state index contributed by atoms with van der Waals surface area (Å²) in [7, 11) is -4.03. The summed E-state index contributed by atoms with van der Waals surface area (Å²) in [6, 6.07) is 10.5. The Morgan fingerprint density at radius 3 is 2.69 bits per heavy atom. The van der Waals surface area contributed by atoms with Gasteiger partial charge in [0.05, 0.1) is 17.6 Å². The van der Waals surface area contributed by atoms with Gasteiger partial charge in [-0.15, -0.1) is 0 Å². The van der Waals surface area contributed by atoms with Gasteiger partial charge in [0, 0.05) is 28.7 Å². The van der Waals surface area contributed by atoms with Gasteiger partial charge in [0.1, 0.15) is 0 Å². The van der Waals surface area contributed by atoms with E-state index in [1.54, 1.807) is 18.2 Å². The Kier molecular flexibility index (Phi) is 5.64. The molecule has 0 aliphatic carbocycles. The van der Waals surface area contributed by atoms with E-state index in [2.05, 4.69) is 15.9 Å². The number of sulfonamides is 1. The molecule has 0 unspecified atom stereocenters. The van der Waals surface area contributed by atoms with Crippen molar-refractivity contribution < 1.29 is 18.1 Å². The van der Waals surface area contributed by atoms with E-state index in [1.165, 1.54) is 28.6 Å². The van der Waals surface area contributed by atoms with Crippen molar-refractivity contribution in [2.24, 2.45) is 0 Å². The minimum Gasteiger partial charge on any atom is -0.371 e. The van der Waals surface area contributed by atoms with Crippen molar-refractivity contribution in [3.05, 3.63) is 67.6 Å². The van der Waals surface area contributed by atoms with Gasteiger partial charge in [-0.3, -0.25) is 10.1 Å². The molecule has 2 aromatic carbocycles. The molecule has 0 radical (unpaired) electrons. The molecular weight excluding hydrogens is 448 g/mol. The van der Waals surface area contributed by atoms with Crippen LogP contribution in [0, 0.1) is 10.1 Å². The molecule has 0 bridgehead atoms. The number of morpholine rings is 1. The minimum absolute atomic E-state index is 0.0428. The highest BCUT2D eigenvalue weighted by molar-refractivity contribution is 9.10. The van der Waals surface area contributed by atoms with Gasteiger partial charge in [-0.2, -0.15) is 4.31 Å². The average Bonchev–Trinajstić information content (AvgIpc) is 2.61. The molecule has 26 heavy (non-hydrogen) atoms. The highest BCUT2D eigenvalue weighted by Gasteiger charge is 2.35. The summed E-state index contributed by atoms with van der Waals surface area (Å²) in [6.07, 6.45) is -0.517. The van der Waals surface area contributed by atoms with E-state index in [0.29, 0.717) is 5.02 Å². The van der Waals surface area contributed by atoms with Crippen LogP contribution in [0.3, 0.4) is 0 Å². The van der Waals surface area contributed by atoms with Gasteiger partial charge in [0.25, 0.3) is 5.69 Å². The second-order valence-electron chi connectivity index (χ2n) is 5.65. The van der Waals surface area contributed by atoms with Crippen molar-refractivity contribution in [1.29, 1.82) is 0 Å². The van der Waals surface area contributed by atoms with E-state index in [0.717, 1.165) is 10.0 Å². The summed E-state index contributed by atoms with van der Waals surface area (Å²) < 4.78 is 33.6. The molecule has 0 saturated carbocycles. The first-order chi connectivity index (χ1) is 12.3. The Labute approximate surface area is 163 Å². The molecule has 0 N–H and O–H groups in total. The molecule has 7 nitrogen and oxygen atoms in total. The predicted molar refractivity (Wildman–Crippen MR) is 99.7 cm³/mol. The molecule has 1 atom stereocenters. The number of rotatable bonds is 4. The van der Waals surface area contributed by atoms with Crippen LogP contribution in [0.5, 0.6) is 0 Å². The third-order valence-electron chi connectivity index (χ3n) is 3.97. The lowest BCUT2D eigenvalue weighted by Crippen LogP contribution is -2.42. The Morgan fingerprint density at radius 1 is 1.27 bits per heavy atom. The van der Waals surface area contributed by atoms with E-state index >= 15 is 0 Å². The molecule has 1 aliphatic heterocycles. The van der Waals surface area contributed by atoms with Crippen molar-refractivity contribution in [2.75, 3.05) is 19.7 Å². The van der Waals surface area contributed by atoms with Crippen LogP contribution < -0.4 is 0 Å². The number of nitro benzene ring substituents is 1. The topological polar surface area (TPSA) is 89.8 Å². The summed E-state index contributed by atoms with van der Waals surface area (Å²) in [5.74, 6) is 0. The molecule has 1 fully saturated rings. The molecule has 3 rings (SSSR count). The molecule has 1 aliphatic rings. The number of benzene rings is 2. The molecule has 1 saturated heterocycles. The summed E-state index contributed by atoms with van der Waals surface area (Å²) in [5, 5.41) is 11.7. The monoisotopic (exact) mass is 460 g/mol. The van der Waals surface area contributed by atoms with Crippen molar-refractivity contribution in [2.45, 2.75) is 11.0 Å². The molecule has 0 amide bonds. The van der Waals surface area contributed by atoms with Gasteiger partial charge in [-0.25, -0.2) is 8.42 Å². The molecule has 0 aromatic heterocycles. The minimum atomic E-state index is -4.03. The highest BCUT2D eigenvalue weighted by atomic mass is 79.9. The smallest absolute Gasteiger partial charge is 0.289 e. The standard InChI is InChI=1S/C16H14BrClN2O5S/c17-12-7-11(8-13(18)9-12)15-10-19(5-6-25-15)26(23,24)16-4-2-1-3-14(16)20(21)22/h1-4,7-9,15H,5-6,10H2/t15-/m0/s1. The summed E-state index contributed by atoms with van der Waals surface area (Å²) in [4.78, 5) is 10.2. The van der Waals surface area contributed by atoms with E-state index < -0.39 is 26.7 Å². The first-order valence-corrected chi connectivity index (χ1v) is 10.2. The zero-order valence-electron chi connectivity index (χ0n) is 13.3. The average molecular weight is 462 g/mol. The highest BCUT2D eigenvalue weighted by Crippen LogP contribution is 2.32. The second-order valence-corrected chi connectivity index (χ2v) is 8.91. The molecule has 138 valence electrons. The van der Waals surface area contributed by atoms with Crippen LogP contribution in [0.25, 0.3) is 0 Å². The van der Waals surface area contributed by atoms with Crippen molar-refractivity contribution in [3.8, 4) is 0 Å². The zero-order valence-corrected chi connectivity index (χ0v) is 16.5. The van der Waals surface area contributed by atoms with E-state index in [4.69, 9.17) is 16.3 Å². The molecule has 2 aromatic rings. The van der Waals surface area contributed by atoms with Gasteiger partial charge >= 0.3 is 0 Å². The predicted octanol–water partition coefficient (Wildman–Crippen LogP) is 3.77. The van der Waals surface area contributed by atoms with Crippen molar-refractivity contribution in [3.63, 3.8) is 0 Å². The molecule has 1 heterocycles. The zero-order chi connectivity index (χ0) is 18.9. The second kappa shape index (κ2) is 7.61. The fourth-order valence-corrected chi connectivity index (χ4v) is 5.24. The van der Waals surface area contributed by atoms with Gasteiger partial charge in [-0.05, 0) is 29.8 Å². The third-order valence-corrected chi connectivity index (χ3v) is 6.55. The van der Waals surface area contributed by atoms with Crippen LogP contribution in [0.15, 0.2) is 51.8 Å². The Balaban J connectivity index is 1.93. The Morgan fingerprint density at radius 2 is 2.00 bits per heavy atom. The number of nitrogens with zero attached hydrogens (tertiary/aromatic N) is 2. The van der Waals surface area contributed by atoms with Crippen molar-refractivity contribution in [1.82, 2.24) is 4.31 Å². The number of para-hydroxylation sites is 1. The van der Waals surface area contributed by atoms with Crippen LogP contribution in [0.1, 0.15) is 11.7 Å². The maximum atomic E-state index is 13.0. The maximum Gasteiger partial charge on any atom is 0.289 e. The number of ether oxygens (including phenoxy) is 1. The largest absolute Gasteiger partial charge is 0.371 e. The van der Waals surface area contributed by atoms with Gasteiger partial charge in [-0.1, -0.05) is 39.7 Å². The van der Waals surface area contributed by atoms with Gasteiger partial charge in [0.15, 0.2) is 4.90 Å². The molecular formula is C16H14BrClN2O5S. The maximum absolute atomic E-state index is 13.0. The quantitative estimate of drug-likeness (QED) is 0.511. The molecule has 0 spiro atoms. The number of hydrogen-bond donors (Lipinski definition) is 0. The third kappa shape index (κ3) is 3.91. The molecule has 10 heteroatoms. The van der Waals surface area contributed by atoms with Gasteiger partial charge in [0.2, 0.25) is 10.0 Å². The van der Waals surface area contributed by atoms with Crippen LogP contribution >= 0.6 is 27.5 Å². The van der Waals surface area contributed by atoms with Crippen molar-refractivity contribution >= 4 is 43.2 Å². The van der Waals surface area contributed by atoms with E-state index in [9.17, 15) is 18.5 Å². The fraction of sp³-hybridized carbons (Fsp3) is 0.250. The normalized spacial score (nSPS) is 18.6. The first kappa shape index (κ1) is 19.2. The van der Waals surface area contributed by atoms with Crippen LogP contribution in [-0.4, -0.2) is 37.3 Å².